The molecule has 2 aromatic heterocycles. The van der Waals surface area contributed by atoms with Crippen LogP contribution in [0.25, 0.3) is 17.1 Å². The number of aromatic nitrogens is 4. The molecule has 0 aliphatic carbocycles. The van der Waals surface area contributed by atoms with Gasteiger partial charge in [0, 0.05) is 29.4 Å². The number of halogens is 1. The molecule has 0 bridgehead atoms. The van der Waals surface area contributed by atoms with Crippen molar-refractivity contribution in [3.63, 3.8) is 0 Å². The zero-order chi connectivity index (χ0) is 19.3. The minimum absolute atomic E-state index is 0.224. The Hall–Kier alpha value is -3.19. The molecule has 28 heavy (non-hydrogen) atoms. The molecule has 0 unspecified atom stereocenters. The molecule has 2 aromatic carbocycles. The van der Waals surface area contributed by atoms with Gasteiger partial charge in [-0.05, 0) is 48.0 Å². The number of rotatable bonds is 6. The third-order valence-electron chi connectivity index (χ3n) is 4.20. The Morgan fingerprint density at radius 2 is 1.82 bits per heavy atom. The number of thioether (sulfide) groups is 1. The summed E-state index contributed by atoms with van der Waals surface area (Å²) >= 11 is 1.43. The van der Waals surface area contributed by atoms with Gasteiger partial charge in [0.1, 0.15) is 11.6 Å². The number of nitrogens with zero attached hydrogens (tertiary/aromatic N) is 4. The zero-order valence-electron chi connectivity index (χ0n) is 15.1. The first-order valence-electron chi connectivity index (χ1n) is 8.62. The predicted molar refractivity (Wildman–Crippen MR) is 107 cm³/mol. The topological polar surface area (TPSA) is 52.8 Å². The van der Waals surface area contributed by atoms with Gasteiger partial charge in [0.15, 0.2) is 11.0 Å². The lowest BCUT2D eigenvalue weighted by Crippen LogP contribution is -2.00. The number of hydrogen-bond donors (Lipinski definition) is 0. The Morgan fingerprint density at radius 3 is 2.54 bits per heavy atom. The number of benzene rings is 2. The molecule has 4 rings (SSSR count). The fourth-order valence-electron chi connectivity index (χ4n) is 2.77. The summed E-state index contributed by atoms with van der Waals surface area (Å²) in [7, 11) is 1.63. The molecule has 140 valence electrons. The molecule has 2 heterocycles. The molecular formula is C21H17FN4OS. The van der Waals surface area contributed by atoms with Gasteiger partial charge >= 0.3 is 0 Å². The van der Waals surface area contributed by atoms with Gasteiger partial charge in [-0.2, -0.15) is 0 Å². The van der Waals surface area contributed by atoms with Crippen LogP contribution in [0.4, 0.5) is 4.39 Å². The molecule has 0 aliphatic heterocycles. The molecule has 0 fully saturated rings. The lowest BCUT2D eigenvalue weighted by Gasteiger charge is -2.11. The van der Waals surface area contributed by atoms with Gasteiger partial charge in [0.05, 0.1) is 7.11 Å². The number of hydrogen-bond acceptors (Lipinski definition) is 5. The van der Waals surface area contributed by atoms with Crippen molar-refractivity contribution in [2.24, 2.45) is 0 Å². The van der Waals surface area contributed by atoms with E-state index in [1.807, 2.05) is 47.0 Å². The second-order valence-corrected chi connectivity index (χ2v) is 6.90. The molecule has 0 spiro atoms. The first-order valence-corrected chi connectivity index (χ1v) is 9.61. The molecular weight excluding hydrogens is 375 g/mol. The van der Waals surface area contributed by atoms with Gasteiger partial charge in [-0.3, -0.25) is 9.55 Å². The van der Waals surface area contributed by atoms with Crippen LogP contribution in [0.2, 0.25) is 0 Å². The Morgan fingerprint density at radius 1 is 1.00 bits per heavy atom. The van der Waals surface area contributed by atoms with E-state index in [1.165, 1.54) is 17.8 Å². The fourth-order valence-corrected chi connectivity index (χ4v) is 3.71. The van der Waals surface area contributed by atoms with Crippen LogP contribution in [0, 0.1) is 5.82 Å². The summed E-state index contributed by atoms with van der Waals surface area (Å²) in [6.07, 6.45) is 3.46. The van der Waals surface area contributed by atoms with Crippen LogP contribution in [-0.2, 0) is 5.75 Å². The summed E-state index contributed by atoms with van der Waals surface area (Å²) in [6.45, 7) is 0. The van der Waals surface area contributed by atoms with E-state index in [2.05, 4.69) is 15.2 Å². The van der Waals surface area contributed by atoms with E-state index < -0.39 is 0 Å². The van der Waals surface area contributed by atoms with Crippen LogP contribution in [0.1, 0.15) is 5.56 Å². The third kappa shape index (κ3) is 3.75. The molecule has 4 aromatic rings. The zero-order valence-corrected chi connectivity index (χ0v) is 15.9. The first-order chi connectivity index (χ1) is 13.8. The fraction of sp³-hybridized carbons (Fsp3) is 0.0952. The van der Waals surface area contributed by atoms with E-state index >= 15 is 0 Å². The maximum absolute atomic E-state index is 14.0. The van der Waals surface area contributed by atoms with Crippen molar-refractivity contribution in [3.8, 4) is 22.8 Å². The van der Waals surface area contributed by atoms with Gasteiger partial charge in [-0.1, -0.05) is 30.0 Å². The molecule has 5 nitrogen and oxygen atoms in total. The summed E-state index contributed by atoms with van der Waals surface area (Å²) in [6, 6.07) is 18.2. The molecule has 0 atom stereocenters. The van der Waals surface area contributed by atoms with Crippen LogP contribution in [0.15, 0.2) is 78.2 Å². The molecule has 0 radical (unpaired) electrons. The number of methoxy groups -OCH3 is 1. The lowest BCUT2D eigenvalue weighted by atomic mass is 10.2. The Labute approximate surface area is 166 Å². The van der Waals surface area contributed by atoms with Gasteiger partial charge in [-0.15, -0.1) is 10.2 Å². The van der Waals surface area contributed by atoms with Crippen molar-refractivity contribution in [1.29, 1.82) is 0 Å². The van der Waals surface area contributed by atoms with E-state index in [9.17, 15) is 4.39 Å². The van der Waals surface area contributed by atoms with E-state index in [0.29, 0.717) is 22.3 Å². The maximum Gasteiger partial charge on any atom is 0.196 e. The molecule has 0 saturated carbocycles. The van der Waals surface area contributed by atoms with E-state index in [4.69, 9.17) is 4.74 Å². The summed E-state index contributed by atoms with van der Waals surface area (Å²) in [4.78, 5) is 4.18. The van der Waals surface area contributed by atoms with Gasteiger partial charge < -0.3 is 4.74 Å². The normalized spacial score (nSPS) is 10.8. The molecule has 0 amide bonds. The van der Waals surface area contributed by atoms with Crippen molar-refractivity contribution >= 4 is 11.8 Å². The average molecular weight is 392 g/mol. The van der Waals surface area contributed by atoms with Crippen molar-refractivity contribution in [2.45, 2.75) is 10.9 Å². The van der Waals surface area contributed by atoms with Crippen LogP contribution in [0.3, 0.4) is 0 Å². The molecule has 0 N–H and O–H groups in total. The summed E-state index contributed by atoms with van der Waals surface area (Å²) in [5.74, 6) is 1.67. The van der Waals surface area contributed by atoms with E-state index in [1.54, 1.807) is 31.6 Å². The van der Waals surface area contributed by atoms with Gasteiger partial charge in [0.25, 0.3) is 0 Å². The van der Waals surface area contributed by atoms with Crippen molar-refractivity contribution in [1.82, 2.24) is 19.7 Å². The Balaban J connectivity index is 1.73. The SMILES string of the molecule is COc1ccc(-n2c(SCc3ccccc3F)nnc2-c2cccnc2)cc1. The minimum atomic E-state index is -0.224. The van der Waals surface area contributed by atoms with Crippen molar-refractivity contribution in [3.05, 3.63) is 84.4 Å². The number of pyridine rings is 1. The van der Waals surface area contributed by atoms with Crippen LogP contribution < -0.4 is 4.74 Å². The first kappa shape index (κ1) is 18.2. The van der Waals surface area contributed by atoms with Crippen LogP contribution in [-0.4, -0.2) is 26.9 Å². The molecule has 7 heteroatoms. The highest BCUT2D eigenvalue weighted by Gasteiger charge is 2.17. The monoisotopic (exact) mass is 392 g/mol. The highest BCUT2D eigenvalue weighted by atomic mass is 32.2. The summed E-state index contributed by atoms with van der Waals surface area (Å²) in [5.41, 5.74) is 2.36. The highest BCUT2D eigenvalue weighted by molar-refractivity contribution is 7.98. The predicted octanol–water partition coefficient (Wildman–Crippen LogP) is 4.77. The van der Waals surface area contributed by atoms with E-state index in [0.717, 1.165) is 17.0 Å². The molecule has 0 saturated heterocycles. The van der Waals surface area contributed by atoms with Crippen LogP contribution in [0.5, 0.6) is 5.75 Å². The summed E-state index contributed by atoms with van der Waals surface area (Å²) < 4.78 is 21.2. The number of ether oxygens (including phenoxy) is 1. The van der Waals surface area contributed by atoms with Crippen molar-refractivity contribution in [2.75, 3.05) is 7.11 Å². The van der Waals surface area contributed by atoms with Gasteiger partial charge in [0.2, 0.25) is 0 Å². The average Bonchev–Trinajstić information content (AvgIpc) is 3.18. The Bertz CT molecular complexity index is 1070. The largest absolute Gasteiger partial charge is 0.497 e. The summed E-state index contributed by atoms with van der Waals surface area (Å²) in [5, 5.41) is 9.39. The lowest BCUT2D eigenvalue weighted by molar-refractivity contribution is 0.414. The second kappa shape index (κ2) is 8.22. The van der Waals surface area contributed by atoms with Crippen molar-refractivity contribution < 1.29 is 9.13 Å². The smallest absolute Gasteiger partial charge is 0.196 e. The minimum Gasteiger partial charge on any atom is -0.497 e. The molecule has 0 aliphatic rings. The van der Waals surface area contributed by atoms with E-state index in [-0.39, 0.29) is 5.82 Å². The Kier molecular flexibility index (Phi) is 5.34. The standard InChI is InChI=1S/C21H17FN4OS/c1-27-18-10-8-17(9-11-18)26-20(15-6-4-12-23-13-15)24-25-21(26)28-14-16-5-2-3-7-19(16)22/h2-13H,14H2,1H3. The second-order valence-electron chi connectivity index (χ2n) is 5.96. The van der Waals surface area contributed by atoms with Crippen LogP contribution >= 0.6 is 11.8 Å². The quantitative estimate of drug-likeness (QED) is 0.443. The third-order valence-corrected chi connectivity index (χ3v) is 5.18. The maximum atomic E-state index is 14.0. The highest BCUT2D eigenvalue weighted by Crippen LogP contribution is 2.30. The van der Waals surface area contributed by atoms with Gasteiger partial charge in [-0.25, -0.2) is 4.39 Å².